The smallest absolute Gasteiger partial charge is 0.224 e. The SMILES string of the molecule is COc1ccc(Cn2cnc3c(-n4ncc5cnccc54)nc(N)nc32)cc1. The summed E-state index contributed by atoms with van der Waals surface area (Å²) >= 11 is 0. The van der Waals surface area contributed by atoms with E-state index >= 15 is 0 Å². The number of imidazole rings is 1. The third-order valence-corrected chi connectivity index (χ3v) is 4.54. The third kappa shape index (κ3) is 2.60. The molecular weight excluding hydrogens is 356 g/mol. The van der Waals surface area contributed by atoms with E-state index in [2.05, 4.69) is 25.0 Å². The molecule has 5 aromatic rings. The van der Waals surface area contributed by atoms with Crippen molar-refractivity contribution in [3.05, 3.63) is 60.8 Å². The highest BCUT2D eigenvalue weighted by atomic mass is 16.5. The van der Waals surface area contributed by atoms with Crippen LogP contribution in [0.2, 0.25) is 0 Å². The van der Waals surface area contributed by atoms with Gasteiger partial charge in [-0.1, -0.05) is 12.1 Å². The number of hydrogen-bond acceptors (Lipinski definition) is 7. The van der Waals surface area contributed by atoms with Crippen molar-refractivity contribution in [3.63, 3.8) is 0 Å². The predicted molar refractivity (Wildman–Crippen MR) is 104 cm³/mol. The first-order chi connectivity index (χ1) is 13.7. The lowest BCUT2D eigenvalue weighted by Crippen LogP contribution is -2.07. The first-order valence-corrected chi connectivity index (χ1v) is 8.62. The van der Waals surface area contributed by atoms with Gasteiger partial charge in [0.15, 0.2) is 17.0 Å². The van der Waals surface area contributed by atoms with Crippen LogP contribution in [0.25, 0.3) is 27.9 Å². The first kappa shape index (κ1) is 16.2. The Morgan fingerprint density at radius 1 is 1.07 bits per heavy atom. The van der Waals surface area contributed by atoms with Gasteiger partial charge in [-0.3, -0.25) is 4.98 Å². The van der Waals surface area contributed by atoms with Crippen molar-refractivity contribution < 1.29 is 4.74 Å². The van der Waals surface area contributed by atoms with E-state index in [9.17, 15) is 0 Å². The minimum atomic E-state index is 0.164. The number of nitrogens with two attached hydrogens (primary N) is 1. The number of nitrogen functional groups attached to an aromatic ring is 1. The quantitative estimate of drug-likeness (QED) is 0.515. The van der Waals surface area contributed by atoms with Gasteiger partial charge in [0.25, 0.3) is 0 Å². The zero-order valence-corrected chi connectivity index (χ0v) is 15.0. The summed E-state index contributed by atoms with van der Waals surface area (Å²) < 4.78 is 8.86. The van der Waals surface area contributed by atoms with E-state index in [0.29, 0.717) is 23.5 Å². The zero-order chi connectivity index (χ0) is 19.1. The summed E-state index contributed by atoms with van der Waals surface area (Å²) in [6.45, 7) is 0.597. The first-order valence-electron chi connectivity index (χ1n) is 8.62. The van der Waals surface area contributed by atoms with Crippen LogP contribution < -0.4 is 10.5 Å². The summed E-state index contributed by atoms with van der Waals surface area (Å²) in [5.41, 5.74) is 9.25. The number of anilines is 1. The highest BCUT2D eigenvalue weighted by Crippen LogP contribution is 2.23. The van der Waals surface area contributed by atoms with Gasteiger partial charge in [-0.25, -0.2) is 9.67 Å². The Bertz CT molecular complexity index is 1290. The molecule has 0 bridgehead atoms. The molecule has 0 spiro atoms. The molecular formula is C19H16N8O. The van der Waals surface area contributed by atoms with Gasteiger partial charge in [0, 0.05) is 17.8 Å². The molecule has 9 heteroatoms. The number of hydrogen-bond donors (Lipinski definition) is 1. The van der Waals surface area contributed by atoms with Gasteiger partial charge < -0.3 is 15.0 Å². The van der Waals surface area contributed by atoms with E-state index in [-0.39, 0.29) is 5.95 Å². The Balaban J connectivity index is 1.62. The molecule has 0 radical (unpaired) electrons. The van der Waals surface area contributed by atoms with Crippen molar-refractivity contribution in [2.24, 2.45) is 0 Å². The lowest BCUT2D eigenvalue weighted by molar-refractivity contribution is 0.414. The molecule has 0 atom stereocenters. The number of benzene rings is 1. The Hall–Kier alpha value is -4.01. The molecule has 0 saturated carbocycles. The molecule has 0 aliphatic rings. The van der Waals surface area contributed by atoms with Crippen LogP contribution in [0, 0.1) is 0 Å². The highest BCUT2D eigenvalue weighted by molar-refractivity contribution is 5.85. The van der Waals surface area contributed by atoms with Gasteiger partial charge in [0.05, 0.1) is 31.7 Å². The maximum Gasteiger partial charge on any atom is 0.224 e. The Kier molecular flexibility index (Phi) is 3.64. The van der Waals surface area contributed by atoms with E-state index < -0.39 is 0 Å². The van der Waals surface area contributed by atoms with E-state index in [1.54, 1.807) is 36.7 Å². The zero-order valence-electron chi connectivity index (χ0n) is 15.0. The van der Waals surface area contributed by atoms with E-state index in [0.717, 1.165) is 22.2 Å². The Morgan fingerprint density at radius 2 is 1.93 bits per heavy atom. The average molecular weight is 372 g/mol. The lowest BCUT2D eigenvalue weighted by atomic mass is 10.2. The average Bonchev–Trinajstić information content (AvgIpc) is 3.32. The van der Waals surface area contributed by atoms with Crippen LogP contribution in [0.1, 0.15) is 5.56 Å². The molecule has 0 aliphatic heterocycles. The van der Waals surface area contributed by atoms with Crippen LogP contribution in [0.3, 0.4) is 0 Å². The number of fused-ring (bicyclic) bond motifs is 2. The van der Waals surface area contributed by atoms with Crippen LogP contribution in [0.15, 0.2) is 55.2 Å². The van der Waals surface area contributed by atoms with Crippen molar-refractivity contribution >= 4 is 28.0 Å². The van der Waals surface area contributed by atoms with Crippen molar-refractivity contribution in [1.29, 1.82) is 0 Å². The molecule has 0 fully saturated rings. The molecule has 4 heterocycles. The number of ether oxygens (including phenoxy) is 1. The van der Waals surface area contributed by atoms with Crippen LogP contribution in [0.4, 0.5) is 5.95 Å². The third-order valence-electron chi connectivity index (χ3n) is 4.54. The molecule has 5 rings (SSSR count). The molecule has 4 aromatic heterocycles. The van der Waals surface area contributed by atoms with Crippen LogP contribution in [-0.2, 0) is 6.54 Å². The molecule has 1 aromatic carbocycles. The van der Waals surface area contributed by atoms with Gasteiger partial charge in [-0.05, 0) is 23.8 Å². The Morgan fingerprint density at radius 3 is 2.75 bits per heavy atom. The van der Waals surface area contributed by atoms with Crippen molar-refractivity contribution in [3.8, 4) is 11.6 Å². The molecule has 2 N–H and O–H groups in total. The summed E-state index contributed by atoms with van der Waals surface area (Å²) in [7, 11) is 1.65. The maximum absolute atomic E-state index is 6.00. The molecule has 9 nitrogen and oxygen atoms in total. The van der Waals surface area contributed by atoms with Crippen molar-refractivity contribution in [2.45, 2.75) is 6.54 Å². The van der Waals surface area contributed by atoms with Gasteiger partial charge in [-0.2, -0.15) is 15.1 Å². The van der Waals surface area contributed by atoms with Gasteiger partial charge >= 0.3 is 0 Å². The number of methoxy groups -OCH3 is 1. The summed E-state index contributed by atoms with van der Waals surface area (Å²) in [5, 5.41) is 5.34. The number of pyridine rings is 1. The van der Waals surface area contributed by atoms with Gasteiger partial charge in [-0.15, -0.1) is 0 Å². The predicted octanol–water partition coefficient (Wildman–Crippen LogP) is 2.20. The summed E-state index contributed by atoms with van der Waals surface area (Å²) in [6, 6.07) is 9.73. The number of nitrogens with zero attached hydrogens (tertiary/aromatic N) is 7. The normalized spacial score (nSPS) is 11.3. The standard InChI is InChI=1S/C19H16N8O/c1-28-14-4-2-12(3-5-14)10-26-11-22-16-17(26)24-19(20)25-18(16)27-15-6-7-21-8-13(15)9-23-27/h2-9,11H,10H2,1H3,(H2,20,24,25). The van der Waals surface area contributed by atoms with Gasteiger partial charge in [0.2, 0.25) is 5.95 Å². The van der Waals surface area contributed by atoms with Crippen molar-refractivity contribution in [1.82, 2.24) is 34.3 Å². The summed E-state index contributed by atoms with van der Waals surface area (Å²) in [4.78, 5) is 17.5. The maximum atomic E-state index is 6.00. The largest absolute Gasteiger partial charge is 0.497 e. The van der Waals surface area contributed by atoms with E-state index in [1.807, 2.05) is 34.9 Å². The molecule has 138 valence electrons. The fraction of sp³-hybridized carbons (Fsp3) is 0.105. The second kappa shape index (κ2) is 6.31. The highest BCUT2D eigenvalue weighted by Gasteiger charge is 2.16. The van der Waals surface area contributed by atoms with Crippen molar-refractivity contribution in [2.75, 3.05) is 12.8 Å². The number of rotatable bonds is 4. The fourth-order valence-corrected chi connectivity index (χ4v) is 3.18. The molecule has 0 saturated heterocycles. The summed E-state index contributed by atoms with van der Waals surface area (Å²) in [5.74, 6) is 1.52. The lowest BCUT2D eigenvalue weighted by Gasteiger charge is -2.07. The topological polar surface area (TPSA) is 110 Å². The summed E-state index contributed by atoms with van der Waals surface area (Å²) in [6.07, 6.45) is 6.94. The molecule has 0 aliphatic carbocycles. The number of aromatic nitrogens is 7. The Labute approximate surface area is 159 Å². The second-order valence-electron chi connectivity index (χ2n) is 6.29. The molecule has 0 unspecified atom stereocenters. The molecule has 0 amide bonds. The fourth-order valence-electron chi connectivity index (χ4n) is 3.18. The van der Waals surface area contributed by atoms with Crippen LogP contribution in [-0.4, -0.2) is 41.4 Å². The minimum absolute atomic E-state index is 0.164. The van der Waals surface area contributed by atoms with Crippen LogP contribution >= 0.6 is 0 Å². The second-order valence-corrected chi connectivity index (χ2v) is 6.29. The molecule has 28 heavy (non-hydrogen) atoms. The van der Waals surface area contributed by atoms with E-state index in [1.165, 1.54) is 0 Å². The van der Waals surface area contributed by atoms with Crippen LogP contribution in [0.5, 0.6) is 5.75 Å². The van der Waals surface area contributed by atoms with E-state index in [4.69, 9.17) is 10.5 Å². The van der Waals surface area contributed by atoms with Gasteiger partial charge in [0.1, 0.15) is 5.75 Å². The monoisotopic (exact) mass is 372 g/mol. The minimum Gasteiger partial charge on any atom is -0.497 e.